The molecule has 0 radical (unpaired) electrons. The van der Waals surface area contributed by atoms with E-state index in [1.54, 1.807) is 12.1 Å². The molecule has 1 saturated heterocycles. The van der Waals surface area contributed by atoms with Crippen LogP contribution in [0.15, 0.2) is 24.3 Å². The van der Waals surface area contributed by atoms with E-state index in [0.717, 1.165) is 25.6 Å². The summed E-state index contributed by atoms with van der Waals surface area (Å²) in [5.41, 5.74) is 6.10. The molecule has 3 atom stereocenters. The maximum atomic E-state index is 12.8. The molecule has 1 aromatic carbocycles. The number of nitrogens with one attached hydrogen (secondary N) is 1. The van der Waals surface area contributed by atoms with Gasteiger partial charge in [-0.25, -0.2) is 8.78 Å². The van der Waals surface area contributed by atoms with Crippen LogP contribution < -0.4 is 11.1 Å². The lowest BCUT2D eigenvalue weighted by molar-refractivity contribution is -0.122. The number of hydrogen-bond donors (Lipinski definition) is 2. The molecule has 1 aromatic rings. The van der Waals surface area contributed by atoms with Crippen LogP contribution in [0.25, 0.3) is 0 Å². The number of carbonyl (C=O) groups excluding carboxylic acids is 2. The van der Waals surface area contributed by atoms with E-state index in [1.807, 2.05) is 6.92 Å². The molecule has 6 nitrogen and oxygen atoms in total. The Morgan fingerprint density at radius 2 is 1.79 bits per heavy atom. The van der Waals surface area contributed by atoms with E-state index in [1.165, 1.54) is 12.1 Å². The number of benzene rings is 1. The van der Waals surface area contributed by atoms with Gasteiger partial charge in [-0.05, 0) is 31.2 Å². The van der Waals surface area contributed by atoms with Crippen molar-refractivity contribution < 1.29 is 23.1 Å². The van der Waals surface area contributed by atoms with Crippen LogP contribution >= 0.6 is 0 Å². The molecule has 3 unspecified atom stereocenters. The van der Waals surface area contributed by atoms with Crippen LogP contribution in [0.1, 0.15) is 29.8 Å². The monoisotopic (exact) mass is 393 g/mol. The number of morpholine rings is 1. The largest absolute Gasteiger partial charge is 0.379 e. The van der Waals surface area contributed by atoms with Crippen molar-refractivity contribution in [2.75, 3.05) is 26.3 Å². The Kier molecular flexibility index (Phi) is 7.91. The third-order valence-electron chi connectivity index (χ3n) is 4.68. The van der Waals surface area contributed by atoms with Gasteiger partial charge in [-0.1, -0.05) is 18.8 Å². The number of rotatable bonds is 6. The van der Waals surface area contributed by atoms with Gasteiger partial charge in [0.2, 0.25) is 12.3 Å². The normalized spacial score (nSPS) is 17.9. The van der Waals surface area contributed by atoms with E-state index in [2.05, 4.69) is 22.1 Å². The van der Waals surface area contributed by atoms with Gasteiger partial charge in [0.1, 0.15) is 6.04 Å². The van der Waals surface area contributed by atoms with Crippen LogP contribution in [-0.2, 0) is 9.53 Å². The molecule has 152 valence electrons. The molecule has 1 fully saturated rings. The fourth-order valence-corrected chi connectivity index (χ4v) is 2.78. The topological polar surface area (TPSA) is 84.7 Å². The van der Waals surface area contributed by atoms with Crippen molar-refractivity contribution in [3.63, 3.8) is 0 Å². The highest BCUT2D eigenvalue weighted by Gasteiger charge is 2.31. The van der Waals surface area contributed by atoms with Gasteiger partial charge in [0.05, 0.1) is 19.3 Å². The second-order valence-electron chi connectivity index (χ2n) is 6.72. The zero-order valence-corrected chi connectivity index (χ0v) is 16.0. The van der Waals surface area contributed by atoms with E-state index in [-0.39, 0.29) is 11.6 Å². The number of carbonyl (C=O) groups is 2. The number of primary amides is 1. The first-order valence-corrected chi connectivity index (χ1v) is 9.11. The third-order valence-corrected chi connectivity index (χ3v) is 4.68. The summed E-state index contributed by atoms with van der Waals surface area (Å²) in [6.45, 7) is 6.27. The first-order chi connectivity index (χ1) is 13.3. The highest BCUT2D eigenvalue weighted by atomic mass is 19.3. The summed E-state index contributed by atoms with van der Waals surface area (Å²) < 4.78 is 31.0. The zero-order chi connectivity index (χ0) is 20.7. The SMILES string of the molecule is CC(C(F)F)C(NC(=O)c1ccc(C#CC(C)N2CCOCC2)cc1)C(N)=O. The number of amides is 2. The van der Waals surface area contributed by atoms with Crippen molar-refractivity contribution >= 4 is 11.8 Å². The maximum Gasteiger partial charge on any atom is 0.251 e. The van der Waals surface area contributed by atoms with E-state index < -0.39 is 30.2 Å². The second kappa shape index (κ2) is 10.2. The number of ether oxygens (including phenoxy) is 1. The van der Waals surface area contributed by atoms with Gasteiger partial charge in [-0.3, -0.25) is 14.5 Å². The minimum absolute atomic E-state index is 0.0824. The predicted octanol–water partition coefficient (Wildman–Crippen LogP) is 1.24. The molecular formula is C20H25F2N3O3. The smallest absolute Gasteiger partial charge is 0.251 e. The first kappa shape index (κ1) is 21.8. The van der Waals surface area contributed by atoms with Gasteiger partial charge in [0, 0.05) is 30.1 Å². The number of nitrogens with two attached hydrogens (primary N) is 1. The summed E-state index contributed by atoms with van der Waals surface area (Å²) in [6, 6.07) is 5.04. The molecule has 0 saturated carbocycles. The Morgan fingerprint density at radius 1 is 1.18 bits per heavy atom. The summed E-state index contributed by atoms with van der Waals surface area (Å²) in [5.74, 6) is 3.21. The van der Waals surface area contributed by atoms with Crippen LogP contribution in [-0.4, -0.2) is 61.5 Å². The average Bonchev–Trinajstić information content (AvgIpc) is 2.70. The highest BCUT2D eigenvalue weighted by molar-refractivity contribution is 5.97. The summed E-state index contributed by atoms with van der Waals surface area (Å²) in [5, 5.41) is 2.28. The van der Waals surface area contributed by atoms with E-state index >= 15 is 0 Å². The lowest BCUT2D eigenvalue weighted by Crippen LogP contribution is -2.50. The summed E-state index contributed by atoms with van der Waals surface area (Å²) in [7, 11) is 0. The third kappa shape index (κ3) is 6.01. The summed E-state index contributed by atoms with van der Waals surface area (Å²) >= 11 is 0. The molecule has 0 aromatic heterocycles. The van der Waals surface area contributed by atoms with Gasteiger partial charge in [-0.15, -0.1) is 0 Å². The fraction of sp³-hybridized carbons (Fsp3) is 0.500. The molecule has 2 amide bonds. The Balaban J connectivity index is 2.00. The van der Waals surface area contributed by atoms with Gasteiger partial charge < -0.3 is 15.8 Å². The second-order valence-corrected chi connectivity index (χ2v) is 6.72. The van der Waals surface area contributed by atoms with Gasteiger partial charge in [0.25, 0.3) is 5.91 Å². The number of halogens is 2. The van der Waals surface area contributed by atoms with Gasteiger partial charge >= 0.3 is 0 Å². The quantitative estimate of drug-likeness (QED) is 0.713. The highest BCUT2D eigenvalue weighted by Crippen LogP contribution is 2.14. The van der Waals surface area contributed by atoms with Crippen molar-refractivity contribution in [3.05, 3.63) is 35.4 Å². The van der Waals surface area contributed by atoms with Gasteiger partial charge in [-0.2, -0.15) is 0 Å². The number of nitrogens with zero attached hydrogens (tertiary/aromatic N) is 1. The Hall–Kier alpha value is -2.50. The molecule has 0 bridgehead atoms. The van der Waals surface area contributed by atoms with Crippen LogP contribution in [0.2, 0.25) is 0 Å². The van der Waals surface area contributed by atoms with Crippen molar-refractivity contribution in [1.82, 2.24) is 10.2 Å². The molecule has 1 aliphatic rings. The van der Waals surface area contributed by atoms with Crippen LogP contribution in [0.5, 0.6) is 0 Å². The molecule has 8 heteroatoms. The van der Waals surface area contributed by atoms with Crippen molar-refractivity contribution in [2.24, 2.45) is 11.7 Å². The minimum atomic E-state index is -2.77. The molecule has 1 aliphatic heterocycles. The minimum Gasteiger partial charge on any atom is -0.379 e. The standard InChI is InChI=1S/C20H25F2N3O3/c1-13(25-9-11-28-12-10-25)3-4-15-5-7-16(8-6-15)20(27)24-17(19(23)26)14(2)18(21)22/h5-8,13-14,17-18H,9-12H2,1-2H3,(H2,23,26)(H,24,27). The Bertz CT molecular complexity index is 737. The molecule has 28 heavy (non-hydrogen) atoms. The van der Waals surface area contributed by atoms with Crippen LogP contribution in [0.4, 0.5) is 8.78 Å². The molecule has 1 heterocycles. The lowest BCUT2D eigenvalue weighted by atomic mass is 10.0. The van der Waals surface area contributed by atoms with Crippen molar-refractivity contribution in [3.8, 4) is 11.8 Å². The molecule has 0 aliphatic carbocycles. The first-order valence-electron chi connectivity index (χ1n) is 9.11. The summed E-state index contributed by atoms with van der Waals surface area (Å²) in [6.07, 6.45) is -2.77. The fourth-order valence-electron chi connectivity index (χ4n) is 2.78. The van der Waals surface area contributed by atoms with Crippen LogP contribution in [0.3, 0.4) is 0 Å². The molecule has 2 rings (SSSR count). The molecule has 0 spiro atoms. The van der Waals surface area contributed by atoms with Crippen molar-refractivity contribution in [1.29, 1.82) is 0 Å². The molecule has 3 N–H and O–H groups in total. The lowest BCUT2D eigenvalue weighted by Gasteiger charge is -2.29. The Morgan fingerprint density at radius 3 is 2.32 bits per heavy atom. The van der Waals surface area contributed by atoms with Crippen molar-refractivity contribution in [2.45, 2.75) is 32.4 Å². The van der Waals surface area contributed by atoms with E-state index in [9.17, 15) is 18.4 Å². The van der Waals surface area contributed by atoms with Crippen LogP contribution in [0, 0.1) is 17.8 Å². The van der Waals surface area contributed by atoms with E-state index in [0.29, 0.717) is 13.2 Å². The zero-order valence-electron chi connectivity index (χ0n) is 16.0. The number of hydrogen-bond acceptors (Lipinski definition) is 4. The summed E-state index contributed by atoms with van der Waals surface area (Å²) in [4.78, 5) is 25.9. The number of alkyl halides is 2. The molecular weight excluding hydrogens is 368 g/mol. The average molecular weight is 393 g/mol. The van der Waals surface area contributed by atoms with E-state index in [4.69, 9.17) is 10.5 Å². The maximum absolute atomic E-state index is 12.8. The predicted molar refractivity (Wildman–Crippen MR) is 101 cm³/mol. The Labute approximate surface area is 163 Å². The van der Waals surface area contributed by atoms with Gasteiger partial charge in [0.15, 0.2) is 0 Å².